The fourth-order valence-electron chi connectivity index (χ4n) is 0.0821. The van der Waals surface area contributed by atoms with Crippen molar-refractivity contribution in [3.05, 3.63) is 0 Å². The molecule has 0 aromatic heterocycles. The van der Waals surface area contributed by atoms with Gasteiger partial charge in [-0.2, -0.15) is 0 Å². The van der Waals surface area contributed by atoms with Gasteiger partial charge in [-0.25, -0.2) is 5.90 Å². The highest BCUT2D eigenvalue weighted by Gasteiger charge is 1.85. The number of rotatable bonds is 2. The Bertz CT molecular complexity index is 53.5. The zero-order valence-corrected chi connectivity index (χ0v) is 3.18. The highest BCUT2D eigenvalue weighted by molar-refractivity contribution is 5.74. The van der Waals surface area contributed by atoms with Gasteiger partial charge in [-0.1, -0.05) is 0 Å². The average molecular weight is 90.1 g/mol. The Balaban J connectivity index is 2.83. The van der Waals surface area contributed by atoms with Crippen molar-refractivity contribution in [3.63, 3.8) is 0 Å². The molecule has 0 aliphatic carbocycles. The van der Waals surface area contributed by atoms with Crippen LogP contribution >= 0.6 is 0 Å². The molecule has 4 nitrogen and oxygen atoms in total. The van der Waals surface area contributed by atoms with Crippen LogP contribution in [0.5, 0.6) is 0 Å². The van der Waals surface area contributed by atoms with Gasteiger partial charge >= 0.3 is 0 Å². The van der Waals surface area contributed by atoms with Crippen LogP contribution in [0.15, 0.2) is 0 Å². The van der Waals surface area contributed by atoms with E-state index in [4.69, 9.17) is 0 Å². The maximum Gasteiger partial charge on any atom is 0.245 e. The number of primary amides is 1. The van der Waals surface area contributed by atoms with E-state index < -0.39 is 5.91 Å². The van der Waals surface area contributed by atoms with Crippen LogP contribution in [0.3, 0.4) is 0 Å². The minimum absolute atomic E-state index is 0.208. The number of carbonyl (C=O) groups is 1. The first kappa shape index (κ1) is 5.39. The summed E-state index contributed by atoms with van der Waals surface area (Å²) in [7, 11) is 0. The van der Waals surface area contributed by atoms with E-state index >= 15 is 0 Å². The summed E-state index contributed by atoms with van der Waals surface area (Å²) >= 11 is 0. The van der Waals surface area contributed by atoms with Crippen molar-refractivity contribution in [1.29, 1.82) is 0 Å². The Labute approximate surface area is 35.0 Å². The van der Waals surface area contributed by atoms with Crippen molar-refractivity contribution in [2.24, 2.45) is 11.6 Å². The third-order valence-electron chi connectivity index (χ3n) is 0.226. The van der Waals surface area contributed by atoms with E-state index in [1.54, 1.807) is 0 Å². The average Bonchev–Trinajstić information content (AvgIpc) is 1.35. The monoisotopic (exact) mass is 90.0 g/mol. The Morgan fingerprint density at radius 1 is 1.83 bits per heavy atom. The van der Waals surface area contributed by atoms with Gasteiger partial charge in [0, 0.05) is 0 Å². The molecular weight excluding hydrogens is 84.0 g/mol. The molecule has 0 radical (unpaired) electrons. The summed E-state index contributed by atoms with van der Waals surface area (Å²) in [5.74, 6) is 3.87. The molecule has 36 valence electrons. The maximum absolute atomic E-state index is 9.62. The standard InChI is InChI=1S/C2H6N2O2/c3-2(5)1-6-4/h1,4H2,(H2,3,5). The SMILES string of the molecule is NOCC(N)=O. The molecule has 0 saturated heterocycles. The minimum atomic E-state index is -0.558. The smallest absolute Gasteiger partial charge is 0.245 e. The quantitative estimate of drug-likeness (QED) is 0.399. The van der Waals surface area contributed by atoms with Crippen molar-refractivity contribution in [2.75, 3.05) is 6.61 Å². The van der Waals surface area contributed by atoms with Crippen LogP contribution in [0, 0.1) is 0 Å². The number of amides is 1. The van der Waals surface area contributed by atoms with Crippen molar-refractivity contribution in [3.8, 4) is 0 Å². The molecule has 4 N–H and O–H groups in total. The van der Waals surface area contributed by atoms with Crippen molar-refractivity contribution in [1.82, 2.24) is 0 Å². The molecule has 6 heavy (non-hydrogen) atoms. The van der Waals surface area contributed by atoms with Gasteiger partial charge in [0.15, 0.2) is 0 Å². The van der Waals surface area contributed by atoms with E-state index in [1.807, 2.05) is 0 Å². The number of hydrogen-bond donors (Lipinski definition) is 2. The lowest BCUT2D eigenvalue weighted by atomic mass is 10.7. The fraction of sp³-hybridized carbons (Fsp3) is 0.500. The Morgan fingerprint density at radius 2 is 2.33 bits per heavy atom. The topological polar surface area (TPSA) is 78.3 Å². The molecule has 0 fully saturated rings. The number of carbonyl (C=O) groups excluding carboxylic acids is 1. The van der Waals surface area contributed by atoms with Crippen LogP contribution in [0.2, 0.25) is 0 Å². The van der Waals surface area contributed by atoms with Gasteiger partial charge in [0.25, 0.3) is 0 Å². The second-order valence-electron chi connectivity index (χ2n) is 0.777. The molecular formula is C2H6N2O2. The fourth-order valence-corrected chi connectivity index (χ4v) is 0.0821. The van der Waals surface area contributed by atoms with Gasteiger partial charge in [-0.3, -0.25) is 9.63 Å². The Morgan fingerprint density at radius 3 is 2.33 bits per heavy atom. The van der Waals surface area contributed by atoms with Crippen molar-refractivity contribution in [2.45, 2.75) is 0 Å². The molecule has 0 aliphatic heterocycles. The van der Waals surface area contributed by atoms with Crippen LogP contribution in [-0.2, 0) is 9.63 Å². The first-order valence-electron chi connectivity index (χ1n) is 1.37. The van der Waals surface area contributed by atoms with Crippen LogP contribution in [0.25, 0.3) is 0 Å². The first-order valence-corrected chi connectivity index (χ1v) is 1.37. The zero-order valence-electron chi connectivity index (χ0n) is 3.18. The first-order chi connectivity index (χ1) is 2.77. The molecule has 0 aromatic carbocycles. The van der Waals surface area contributed by atoms with Crippen LogP contribution < -0.4 is 11.6 Å². The number of hydrogen-bond acceptors (Lipinski definition) is 3. The second-order valence-corrected chi connectivity index (χ2v) is 0.777. The van der Waals surface area contributed by atoms with Gasteiger partial charge in [0.05, 0.1) is 0 Å². The molecule has 1 amide bonds. The van der Waals surface area contributed by atoms with Gasteiger partial charge in [-0.05, 0) is 0 Å². The van der Waals surface area contributed by atoms with E-state index in [1.165, 1.54) is 0 Å². The largest absolute Gasteiger partial charge is 0.368 e. The molecule has 0 unspecified atom stereocenters. The molecule has 0 saturated carbocycles. The van der Waals surface area contributed by atoms with E-state index in [0.29, 0.717) is 0 Å². The summed E-state index contributed by atoms with van der Waals surface area (Å²) in [6.07, 6.45) is 0. The maximum atomic E-state index is 9.62. The van der Waals surface area contributed by atoms with Crippen LogP contribution in [0.1, 0.15) is 0 Å². The molecule has 0 bridgehead atoms. The highest BCUT2D eigenvalue weighted by atomic mass is 16.6. The zero-order chi connectivity index (χ0) is 4.99. The molecule has 4 heteroatoms. The summed E-state index contributed by atoms with van der Waals surface area (Å²) in [5.41, 5.74) is 4.56. The number of nitrogens with two attached hydrogens (primary N) is 2. The Kier molecular flexibility index (Phi) is 2.35. The second kappa shape index (κ2) is 2.62. The predicted octanol–water partition coefficient (Wildman–Crippen LogP) is -1.64. The molecule has 0 aromatic rings. The van der Waals surface area contributed by atoms with E-state index in [0.717, 1.165) is 0 Å². The summed E-state index contributed by atoms with van der Waals surface area (Å²) in [6, 6.07) is 0. The normalized spacial score (nSPS) is 8.17. The van der Waals surface area contributed by atoms with Crippen molar-refractivity contribution < 1.29 is 9.63 Å². The van der Waals surface area contributed by atoms with Gasteiger partial charge in [0.2, 0.25) is 5.91 Å². The summed E-state index contributed by atoms with van der Waals surface area (Å²) in [5, 5.41) is 0. The van der Waals surface area contributed by atoms with Crippen LogP contribution in [0.4, 0.5) is 0 Å². The van der Waals surface area contributed by atoms with Gasteiger partial charge < -0.3 is 5.73 Å². The highest BCUT2D eigenvalue weighted by Crippen LogP contribution is 1.53. The molecule has 0 spiro atoms. The van der Waals surface area contributed by atoms with E-state index in [2.05, 4.69) is 16.5 Å². The summed E-state index contributed by atoms with van der Waals surface area (Å²) < 4.78 is 0. The molecule has 0 heterocycles. The van der Waals surface area contributed by atoms with Gasteiger partial charge in [-0.15, -0.1) is 0 Å². The lowest BCUT2D eigenvalue weighted by Crippen LogP contribution is -2.20. The van der Waals surface area contributed by atoms with Crippen molar-refractivity contribution >= 4 is 5.91 Å². The predicted molar refractivity (Wildman–Crippen MR) is 19.3 cm³/mol. The minimum Gasteiger partial charge on any atom is -0.368 e. The third-order valence-corrected chi connectivity index (χ3v) is 0.226. The van der Waals surface area contributed by atoms with Gasteiger partial charge in [0.1, 0.15) is 6.61 Å². The van der Waals surface area contributed by atoms with Crippen LogP contribution in [-0.4, -0.2) is 12.5 Å². The third kappa shape index (κ3) is 3.39. The molecule has 0 rings (SSSR count). The molecule has 0 aliphatic rings. The summed E-state index contributed by atoms with van der Waals surface area (Å²) in [6.45, 7) is -0.208. The van der Waals surface area contributed by atoms with E-state index in [-0.39, 0.29) is 6.61 Å². The molecule has 0 atom stereocenters. The lowest BCUT2D eigenvalue weighted by Gasteiger charge is -1.84. The summed E-state index contributed by atoms with van der Waals surface area (Å²) in [4.78, 5) is 13.4. The lowest BCUT2D eigenvalue weighted by molar-refractivity contribution is -0.122. The Hall–Kier alpha value is -0.610. The van der Waals surface area contributed by atoms with E-state index in [9.17, 15) is 4.79 Å².